The van der Waals surface area contributed by atoms with Crippen LogP contribution in [0.2, 0.25) is 0 Å². The summed E-state index contributed by atoms with van der Waals surface area (Å²) in [5.74, 6) is 0.402. The van der Waals surface area contributed by atoms with Crippen LogP contribution in [0.1, 0.15) is 29.7 Å². The molecular weight excluding hydrogens is 328 g/mol. The van der Waals surface area contributed by atoms with Crippen molar-refractivity contribution in [1.82, 2.24) is 5.32 Å². The number of ether oxygens (including phenoxy) is 3. The number of para-hydroxylation sites is 1. The largest absolute Gasteiger partial charge is 0.490 e. The van der Waals surface area contributed by atoms with Gasteiger partial charge in [0, 0.05) is 12.1 Å². The molecular formula is C19H21F2NO3. The average molecular weight is 349 g/mol. The van der Waals surface area contributed by atoms with E-state index in [0.29, 0.717) is 37.7 Å². The highest BCUT2D eigenvalue weighted by molar-refractivity contribution is 5.47. The van der Waals surface area contributed by atoms with Crippen LogP contribution in [0.3, 0.4) is 0 Å². The Morgan fingerprint density at radius 2 is 2.04 bits per heavy atom. The first-order chi connectivity index (χ1) is 12.2. The average Bonchev–Trinajstić information content (AvgIpc) is 2.62. The van der Waals surface area contributed by atoms with E-state index in [4.69, 9.17) is 14.2 Å². The highest BCUT2D eigenvalue weighted by Gasteiger charge is 2.21. The summed E-state index contributed by atoms with van der Waals surface area (Å²) in [6.45, 7) is 0.763. The summed E-state index contributed by atoms with van der Waals surface area (Å²) in [5, 5.41) is 3.37. The van der Waals surface area contributed by atoms with Gasteiger partial charge in [-0.3, -0.25) is 0 Å². The predicted octanol–water partition coefficient (Wildman–Crippen LogP) is 4.05. The molecule has 2 aromatic carbocycles. The zero-order chi connectivity index (χ0) is 17.6. The Labute approximate surface area is 145 Å². The van der Waals surface area contributed by atoms with Gasteiger partial charge in [-0.2, -0.15) is 8.78 Å². The molecule has 0 aliphatic carbocycles. The molecule has 0 saturated carbocycles. The number of nitrogens with one attached hydrogen (secondary N) is 1. The van der Waals surface area contributed by atoms with E-state index < -0.39 is 6.61 Å². The Bertz CT molecular complexity index is 709. The summed E-state index contributed by atoms with van der Waals surface area (Å²) in [5.41, 5.74) is 2.93. The normalized spacial score (nSPS) is 16.6. The molecule has 1 atom stereocenters. The quantitative estimate of drug-likeness (QED) is 0.819. The second-order valence-electron chi connectivity index (χ2n) is 5.70. The molecule has 1 N–H and O–H groups in total. The standard InChI is InChI=1S/C19H21F2NO3/c1-2-24-17-9-5-7-13(18(17)25-19(20)21)10-22-16-12-23-11-14-6-3-4-8-15(14)16/h3-9,16,19,22H,2,10-12H2,1H3. The number of fused-ring (bicyclic) bond motifs is 1. The van der Waals surface area contributed by atoms with Crippen LogP contribution in [0.5, 0.6) is 11.5 Å². The molecule has 1 unspecified atom stereocenters. The van der Waals surface area contributed by atoms with Crippen LogP contribution in [0.4, 0.5) is 8.78 Å². The van der Waals surface area contributed by atoms with Crippen LogP contribution in [0, 0.1) is 0 Å². The molecule has 0 spiro atoms. The Balaban J connectivity index is 1.78. The van der Waals surface area contributed by atoms with Crippen molar-refractivity contribution in [2.24, 2.45) is 0 Å². The van der Waals surface area contributed by atoms with Crippen LogP contribution in [0.15, 0.2) is 42.5 Å². The van der Waals surface area contributed by atoms with Crippen molar-refractivity contribution in [2.45, 2.75) is 32.7 Å². The molecule has 3 rings (SSSR count). The van der Waals surface area contributed by atoms with Crippen molar-refractivity contribution in [3.8, 4) is 11.5 Å². The lowest BCUT2D eigenvalue weighted by molar-refractivity contribution is -0.0521. The van der Waals surface area contributed by atoms with Crippen LogP contribution < -0.4 is 14.8 Å². The fraction of sp³-hybridized carbons (Fsp3) is 0.368. The van der Waals surface area contributed by atoms with Gasteiger partial charge in [-0.15, -0.1) is 0 Å². The van der Waals surface area contributed by atoms with Crippen LogP contribution in [0.25, 0.3) is 0 Å². The number of alkyl halides is 2. The van der Waals surface area contributed by atoms with E-state index in [1.54, 1.807) is 25.1 Å². The maximum Gasteiger partial charge on any atom is 0.387 e. The molecule has 1 aliphatic rings. The minimum absolute atomic E-state index is 0.0000923. The minimum Gasteiger partial charge on any atom is -0.490 e. The van der Waals surface area contributed by atoms with E-state index in [0.717, 1.165) is 5.56 Å². The van der Waals surface area contributed by atoms with Gasteiger partial charge in [0.25, 0.3) is 0 Å². The van der Waals surface area contributed by atoms with Gasteiger partial charge in [0.05, 0.1) is 25.9 Å². The second-order valence-corrected chi connectivity index (χ2v) is 5.70. The van der Waals surface area contributed by atoms with Crippen molar-refractivity contribution in [3.05, 3.63) is 59.2 Å². The molecule has 2 aromatic rings. The van der Waals surface area contributed by atoms with E-state index >= 15 is 0 Å². The molecule has 4 nitrogen and oxygen atoms in total. The van der Waals surface area contributed by atoms with Gasteiger partial charge in [0.2, 0.25) is 0 Å². The predicted molar refractivity (Wildman–Crippen MR) is 89.9 cm³/mol. The van der Waals surface area contributed by atoms with Crippen molar-refractivity contribution >= 4 is 0 Å². The first-order valence-electron chi connectivity index (χ1n) is 8.27. The van der Waals surface area contributed by atoms with Gasteiger partial charge >= 0.3 is 6.61 Å². The number of halogens is 2. The Kier molecular flexibility index (Phi) is 5.83. The molecule has 0 amide bonds. The zero-order valence-electron chi connectivity index (χ0n) is 14.0. The van der Waals surface area contributed by atoms with Gasteiger partial charge < -0.3 is 19.5 Å². The Morgan fingerprint density at radius 1 is 1.20 bits per heavy atom. The Morgan fingerprint density at radius 3 is 2.84 bits per heavy atom. The van der Waals surface area contributed by atoms with Crippen molar-refractivity contribution in [1.29, 1.82) is 0 Å². The summed E-state index contributed by atoms with van der Waals surface area (Å²) >= 11 is 0. The third kappa shape index (κ3) is 4.27. The second kappa shape index (κ2) is 8.27. The highest BCUT2D eigenvalue weighted by Crippen LogP contribution is 2.33. The minimum atomic E-state index is -2.90. The van der Waals surface area contributed by atoms with Gasteiger partial charge in [-0.1, -0.05) is 36.4 Å². The van der Waals surface area contributed by atoms with Crippen molar-refractivity contribution in [2.75, 3.05) is 13.2 Å². The van der Waals surface area contributed by atoms with Gasteiger partial charge in [-0.25, -0.2) is 0 Å². The van der Waals surface area contributed by atoms with E-state index in [2.05, 4.69) is 11.4 Å². The van der Waals surface area contributed by atoms with Crippen LogP contribution in [-0.2, 0) is 17.9 Å². The fourth-order valence-corrected chi connectivity index (χ4v) is 2.98. The van der Waals surface area contributed by atoms with Crippen molar-refractivity contribution in [3.63, 3.8) is 0 Å². The summed E-state index contributed by atoms with van der Waals surface area (Å²) in [4.78, 5) is 0. The molecule has 1 aliphatic heterocycles. The molecule has 6 heteroatoms. The third-order valence-corrected chi connectivity index (χ3v) is 4.08. The Hall–Kier alpha value is -2.18. The van der Waals surface area contributed by atoms with E-state index in [1.165, 1.54) is 5.56 Å². The zero-order valence-corrected chi connectivity index (χ0v) is 14.0. The summed E-state index contributed by atoms with van der Waals surface area (Å²) in [6.07, 6.45) is 0. The molecule has 0 aromatic heterocycles. The molecule has 25 heavy (non-hydrogen) atoms. The number of rotatable bonds is 7. The highest BCUT2D eigenvalue weighted by atomic mass is 19.3. The first kappa shape index (κ1) is 17.6. The molecule has 0 radical (unpaired) electrons. The van der Waals surface area contributed by atoms with Gasteiger partial charge in [-0.05, 0) is 24.1 Å². The van der Waals surface area contributed by atoms with Crippen molar-refractivity contribution < 1.29 is 23.0 Å². The first-order valence-corrected chi connectivity index (χ1v) is 8.27. The fourth-order valence-electron chi connectivity index (χ4n) is 2.98. The smallest absolute Gasteiger partial charge is 0.387 e. The van der Waals surface area contributed by atoms with E-state index in [1.807, 2.05) is 18.2 Å². The topological polar surface area (TPSA) is 39.7 Å². The number of benzene rings is 2. The number of hydrogen-bond acceptors (Lipinski definition) is 4. The summed E-state index contributed by atoms with van der Waals surface area (Å²) < 4.78 is 41.3. The van der Waals surface area contributed by atoms with Gasteiger partial charge in [0.15, 0.2) is 11.5 Å². The molecule has 134 valence electrons. The number of hydrogen-bond donors (Lipinski definition) is 1. The lowest BCUT2D eigenvalue weighted by Crippen LogP contribution is -2.29. The molecule has 0 fully saturated rings. The SMILES string of the molecule is CCOc1cccc(CNC2COCc3ccccc32)c1OC(F)F. The summed E-state index contributed by atoms with van der Waals surface area (Å²) in [7, 11) is 0. The lowest BCUT2D eigenvalue weighted by atomic mass is 9.99. The van der Waals surface area contributed by atoms with Crippen LogP contribution >= 0.6 is 0 Å². The molecule has 0 saturated heterocycles. The maximum atomic E-state index is 12.8. The molecule has 0 bridgehead atoms. The maximum absolute atomic E-state index is 12.8. The molecule has 1 heterocycles. The third-order valence-electron chi connectivity index (χ3n) is 4.08. The van der Waals surface area contributed by atoms with E-state index in [9.17, 15) is 8.78 Å². The monoisotopic (exact) mass is 349 g/mol. The lowest BCUT2D eigenvalue weighted by Gasteiger charge is -2.27. The van der Waals surface area contributed by atoms with Gasteiger partial charge in [0.1, 0.15) is 0 Å². The summed E-state index contributed by atoms with van der Waals surface area (Å²) in [6, 6.07) is 13.2. The van der Waals surface area contributed by atoms with Crippen LogP contribution in [-0.4, -0.2) is 19.8 Å². The van der Waals surface area contributed by atoms with E-state index in [-0.39, 0.29) is 11.8 Å².